The average molecular weight is 332 g/mol. The third-order valence-corrected chi connectivity index (χ3v) is 4.54. The zero-order chi connectivity index (χ0) is 16.1. The van der Waals surface area contributed by atoms with Gasteiger partial charge in [-0.25, -0.2) is 4.68 Å². The summed E-state index contributed by atoms with van der Waals surface area (Å²) >= 11 is 5.52. The fraction of sp³-hybridized carbons (Fsp3) is 0.467. The first-order chi connectivity index (χ1) is 11.0. The van der Waals surface area contributed by atoms with E-state index in [0.29, 0.717) is 17.8 Å². The molecule has 3 atom stereocenters. The quantitative estimate of drug-likeness (QED) is 0.779. The van der Waals surface area contributed by atoms with Crippen molar-refractivity contribution in [3.63, 3.8) is 0 Å². The largest absolute Gasteiger partial charge is 0.343 e. The van der Waals surface area contributed by atoms with Crippen LogP contribution >= 0.6 is 12.2 Å². The van der Waals surface area contributed by atoms with Crippen molar-refractivity contribution in [1.82, 2.24) is 19.8 Å². The number of Topliss-reactive ketones (excluding diaryl/α,β-unsaturated/α-hetero) is 1. The Kier molecular flexibility index (Phi) is 3.40. The molecule has 2 saturated heterocycles. The van der Waals surface area contributed by atoms with Gasteiger partial charge >= 0.3 is 0 Å². The highest BCUT2D eigenvalue weighted by molar-refractivity contribution is 7.71. The van der Waals surface area contributed by atoms with Crippen molar-refractivity contribution >= 4 is 18.0 Å². The molecule has 0 aliphatic carbocycles. The topological polar surface area (TPSA) is 71.2 Å². The Bertz CT molecular complexity index is 823. The van der Waals surface area contributed by atoms with Crippen LogP contribution in [0.4, 0.5) is 0 Å². The van der Waals surface area contributed by atoms with Crippen LogP contribution in [0, 0.1) is 18.6 Å². The van der Waals surface area contributed by atoms with Gasteiger partial charge in [0.25, 0.3) is 0 Å². The first kappa shape index (κ1) is 14.7. The van der Waals surface area contributed by atoms with Crippen molar-refractivity contribution < 1.29 is 14.3 Å². The highest BCUT2D eigenvalue weighted by Crippen LogP contribution is 2.32. The van der Waals surface area contributed by atoms with Gasteiger partial charge in [-0.1, -0.05) is 6.07 Å². The van der Waals surface area contributed by atoms with Crippen LogP contribution in [0.2, 0.25) is 0 Å². The van der Waals surface area contributed by atoms with Gasteiger partial charge in [0.2, 0.25) is 11.1 Å². The minimum absolute atomic E-state index is 0.0772. The SMILES string of the molecule is Cc1cc(C)cc(-n2nnn([C@H]3CC(=O)[C@H]4OC[C@@H]3O4)c2=S)c1. The van der Waals surface area contributed by atoms with E-state index >= 15 is 0 Å². The molecule has 7 nitrogen and oxygen atoms in total. The number of hydrogen-bond acceptors (Lipinski definition) is 6. The number of hydrogen-bond donors (Lipinski definition) is 0. The summed E-state index contributed by atoms with van der Waals surface area (Å²) in [5.74, 6) is -0.0772. The molecule has 0 amide bonds. The maximum atomic E-state index is 12.0. The number of carbonyl (C=O) groups is 1. The summed E-state index contributed by atoms with van der Waals surface area (Å²) < 4.78 is 14.6. The summed E-state index contributed by atoms with van der Waals surface area (Å²) in [6.45, 7) is 4.42. The summed E-state index contributed by atoms with van der Waals surface area (Å²) in [7, 11) is 0. The van der Waals surface area contributed by atoms with Gasteiger partial charge in [0.15, 0.2) is 5.78 Å². The summed E-state index contributed by atoms with van der Waals surface area (Å²) in [4.78, 5) is 12.0. The van der Waals surface area contributed by atoms with Crippen LogP contribution in [0.5, 0.6) is 0 Å². The van der Waals surface area contributed by atoms with E-state index in [-0.39, 0.29) is 17.9 Å². The van der Waals surface area contributed by atoms with Crippen LogP contribution in [0.25, 0.3) is 5.69 Å². The molecule has 0 N–H and O–H groups in total. The molecule has 2 bridgehead atoms. The number of aryl methyl sites for hydroxylation is 2. The van der Waals surface area contributed by atoms with Gasteiger partial charge in [-0.3, -0.25) is 4.79 Å². The molecule has 3 heterocycles. The second kappa shape index (κ2) is 5.33. The van der Waals surface area contributed by atoms with Crippen LogP contribution in [-0.2, 0) is 14.3 Å². The van der Waals surface area contributed by atoms with Crippen LogP contribution < -0.4 is 0 Å². The van der Waals surface area contributed by atoms with Crippen molar-refractivity contribution in [1.29, 1.82) is 0 Å². The fourth-order valence-corrected chi connectivity index (χ4v) is 3.48. The Balaban J connectivity index is 1.74. The van der Waals surface area contributed by atoms with Crippen LogP contribution in [0.3, 0.4) is 0 Å². The lowest BCUT2D eigenvalue weighted by molar-refractivity contribution is -0.156. The minimum atomic E-state index is -0.722. The molecule has 0 saturated carbocycles. The van der Waals surface area contributed by atoms with Crippen molar-refractivity contribution in [2.45, 2.75) is 38.7 Å². The van der Waals surface area contributed by atoms with Crippen LogP contribution in [0.1, 0.15) is 23.6 Å². The molecule has 2 aliphatic rings. The van der Waals surface area contributed by atoms with E-state index in [2.05, 4.69) is 16.5 Å². The Morgan fingerprint density at radius 2 is 1.96 bits per heavy atom. The van der Waals surface area contributed by atoms with E-state index < -0.39 is 6.29 Å². The lowest BCUT2D eigenvalue weighted by Gasteiger charge is -2.25. The second-order valence-corrected chi connectivity index (χ2v) is 6.41. The van der Waals surface area contributed by atoms with Crippen molar-refractivity contribution in [2.24, 2.45) is 0 Å². The second-order valence-electron chi connectivity index (χ2n) is 6.04. The Morgan fingerprint density at radius 1 is 1.22 bits per heavy atom. The number of aromatic nitrogens is 4. The standard InChI is InChI=1S/C15H16N4O3S/c1-8-3-9(2)5-10(4-8)18-15(23)19(17-16-18)11-6-12(20)14-21-7-13(11)22-14/h3-5,11,13-14H,6-7H2,1-2H3/t11-,13-,14-/m0/s1. The predicted molar refractivity (Wildman–Crippen MR) is 82.9 cm³/mol. The zero-order valence-electron chi connectivity index (χ0n) is 12.8. The monoisotopic (exact) mass is 332 g/mol. The highest BCUT2D eigenvalue weighted by Gasteiger charge is 2.45. The molecule has 8 heteroatoms. The Hall–Kier alpha value is -1.90. The maximum absolute atomic E-state index is 12.0. The van der Waals surface area contributed by atoms with Crippen molar-refractivity contribution in [3.05, 3.63) is 34.1 Å². The molecule has 0 radical (unpaired) electrons. The molecule has 120 valence electrons. The van der Waals surface area contributed by atoms with Gasteiger partial charge in [0.05, 0.1) is 18.3 Å². The predicted octanol–water partition coefficient (Wildman–Crippen LogP) is 1.67. The zero-order valence-corrected chi connectivity index (χ0v) is 13.6. The third kappa shape index (κ3) is 2.43. The number of tetrazole rings is 1. The number of benzene rings is 1. The van der Waals surface area contributed by atoms with E-state index in [1.807, 2.05) is 26.0 Å². The molecular weight excluding hydrogens is 316 g/mol. The van der Waals surface area contributed by atoms with Crippen molar-refractivity contribution in [2.75, 3.05) is 6.61 Å². The van der Waals surface area contributed by atoms with E-state index in [0.717, 1.165) is 16.8 Å². The number of ketones is 1. The smallest absolute Gasteiger partial charge is 0.221 e. The van der Waals surface area contributed by atoms with E-state index in [1.165, 1.54) is 0 Å². The Labute approximate surface area is 137 Å². The number of nitrogens with zero attached hydrogens (tertiary/aromatic N) is 4. The molecular formula is C15H16N4O3S. The van der Waals surface area contributed by atoms with Crippen molar-refractivity contribution in [3.8, 4) is 5.69 Å². The number of carbonyl (C=O) groups excluding carboxylic acids is 1. The Morgan fingerprint density at radius 3 is 2.70 bits per heavy atom. The molecule has 2 fully saturated rings. The number of fused-ring (bicyclic) bond motifs is 2. The lowest BCUT2D eigenvalue weighted by Crippen LogP contribution is -2.37. The van der Waals surface area contributed by atoms with E-state index in [1.54, 1.807) is 9.36 Å². The summed E-state index contributed by atoms with van der Waals surface area (Å²) in [5, 5.41) is 8.33. The minimum Gasteiger partial charge on any atom is -0.343 e. The first-order valence-electron chi connectivity index (χ1n) is 7.46. The molecule has 2 aliphatic heterocycles. The van der Waals surface area contributed by atoms with Gasteiger partial charge in [-0.05, 0) is 59.8 Å². The van der Waals surface area contributed by atoms with Gasteiger partial charge in [0.1, 0.15) is 6.10 Å². The number of ether oxygens (including phenoxy) is 2. The summed E-state index contributed by atoms with van der Waals surface area (Å²) in [6.07, 6.45) is -0.636. The van der Waals surface area contributed by atoms with Gasteiger partial charge in [-0.2, -0.15) is 4.68 Å². The molecule has 0 spiro atoms. The molecule has 23 heavy (non-hydrogen) atoms. The normalized spacial score (nSPS) is 26.7. The van der Waals surface area contributed by atoms with Gasteiger partial charge in [0, 0.05) is 6.42 Å². The maximum Gasteiger partial charge on any atom is 0.221 e. The fourth-order valence-electron chi connectivity index (χ4n) is 3.17. The third-order valence-electron chi connectivity index (χ3n) is 4.18. The molecule has 2 aromatic rings. The lowest BCUT2D eigenvalue weighted by atomic mass is 10.0. The van der Waals surface area contributed by atoms with Crippen LogP contribution in [-0.4, -0.2) is 44.6 Å². The molecule has 4 rings (SSSR count). The molecule has 1 aromatic heterocycles. The highest BCUT2D eigenvalue weighted by atomic mass is 32.1. The van der Waals surface area contributed by atoms with E-state index in [9.17, 15) is 4.79 Å². The van der Waals surface area contributed by atoms with Crippen LogP contribution in [0.15, 0.2) is 18.2 Å². The van der Waals surface area contributed by atoms with E-state index in [4.69, 9.17) is 21.7 Å². The van der Waals surface area contributed by atoms with Gasteiger partial charge < -0.3 is 9.47 Å². The molecule has 1 aromatic carbocycles. The average Bonchev–Trinajstić information content (AvgIpc) is 3.08. The summed E-state index contributed by atoms with van der Waals surface area (Å²) in [5.41, 5.74) is 3.11. The summed E-state index contributed by atoms with van der Waals surface area (Å²) in [6, 6.07) is 5.81. The van der Waals surface area contributed by atoms with Gasteiger partial charge in [-0.15, -0.1) is 0 Å². The molecule has 0 unspecified atom stereocenters. The number of rotatable bonds is 2. The first-order valence-corrected chi connectivity index (χ1v) is 7.87.